The Kier molecular flexibility index (Phi) is 6.40. The van der Waals surface area contributed by atoms with Gasteiger partial charge in [0, 0.05) is 25.2 Å². The molecular weight excluding hydrogens is 360 g/mol. The van der Waals surface area contributed by atoms with E-state index in [2.05, 4.69) is 5.32 Å². The average molecular weight is 387 g/mol. The molecular formula is C22H27ClN2O2. The fourth-order valence-corrected chi connectivity index (χ4v) is 4.05. The maximum absolute atomic E-state index is 12.9. The van der Waals surface area contributed by atoms with Crippen molar-refractivity contribution in [3.63, 3.8) is 0 Å². The number of amides is 1. The Balaban J connectivity index is 0.00000210. The van der Waals surface area contributed by atoms with Gasteiger partial charge in [-0.2, -0.15) is 0 Å². The predicted octanol–water partition coefficient (Wildman–Crippen LogP) is 3.90. The molecule has 0 saturated carbocycles. The monoisotopic (exact) mass is 386 g/mol. The van der Waals surface area contributed by atoms with Crippen molar-refractivity contribution in [3.8, 4) is 5.75 Å². The normalized spacial score (nSPS) is 18.1. The molecule has 4 nitrogen and oxygen atoms in total. The summed E-state index contributed by atoms with van der Waals surface area (Å²) in [6, 6.07) is 17.6. The van der Waals surface area contributed by atoms with E-state index in [-0.39, 0.29) is 18.3 Å². The molecule has 2 aliphatic rings. The van der Waals surface area contributed by atoms with Crippen LogP contribution in [0.3, 0.4) is 0 Å². The highest BCUT2D eigenvalue weighted by Crippen LogP contribution is 2.37. The van der Waals surface area contributed by atoms with Gasteiger partial charge in [0.1, 0.15) is 12.4 Å². The van der Waals surface area contributed by atoms with Crippen molar-refractivity contribution in [2.24, 2.45) is 5.41 Å². The number of hydrogen-bond acceptors (Lipinski definition) is 3. The van der Waals surface area contributed by atoms with Crippen LogP contribution in [0.25, 0.3) is 0 Å². The zero-order chi connectivity index (χ0) is 17.8. The van der Waals surface area contributed by atoms with E-state index in [1.165, 1.54) is 6.42 Å². The number of benzene rings is 2. The smallest absolute Gasteiger partial charge is 0.253 e. The molecule has 27 heavy (non-hydrogen) atoms. The molecule has 0 atom stereocenters. The number of piperidine rings is 1. The van der Waals surface area contributed by atoms with E-state index in [0.717, 1.165) is 55.9 Å². The number of carbonyl (C=O) groups excluding carboxylic acids is 1. The molecule has 144 valence electrons. The number of halogens is 1. The van der Waals surface area contributed by atoms with Gasteiger partial charge in [0.2, 0.25) is 0 Å². The highest BCUT2D eigenvalue weighted by molar-refractivity contribution is 5.94. The molecule has 2 aliphatic heterocycles. The highest BCUT2D eigenvalue weighted by atomic mass is 35.5. The van der Waals surface area contributed by atoms with Gasteiger partial charge in [-0.3, -0.25) is 4.79 Å². The lowest BCUT2D eigenvalue weighted by Gasteiger charge is -2.38. The van der Waals surface area contributed by atoms with Crippen LogP contribution in [0.1, 0.15) is 35.2 Å². The van der Waals surface area contributed by atoms with Crippen LogP contribution >= 0.6 is 12.4 Å². The SMILES string of the molecule is Cl.O=C(c1cccc(OCc2ccccc2)c1)N1CCC2(CCNC2)CC1. The quantitative estimate of drug-likeness (QED) is 0.866. The Bertz CT molecular complexity index is 750. The zero-order valence-electron chi connectivity index (χ0n) is 15.5. The van der Waals surface area contributed by atoms with Crippen LogP contribution in [0.4, 0.5) is 0 Å². The summed E-state index contributed by atoms with van der Waals surface area (Å²) in [5, 5.41) is 3.47. The summed E-state index contributed by atoms with van der Waals surface area (Å²) < 4.78 is 5.87. The molecule has 2 aromatic rings. The third-order valence-electron chi connectivity index (χ3n) is 5.77. The lowest BCUT2D eigenvalue weighted by molar-refractivity contribution is 0.0607. The van der Waals surface area contributed by atoms with Crippen LogP contribution < -0.4 is 10.1 Å². The Morgan fingerprint density at radius 3 is 2.52 bits per heavy atom. The minimum Gasteiger partial charge on any atom is -0.489 e. The van der Waals surface area contributed by atoms with Crippen molar-refractivity contribution >= 4 is 18.3 Å². The predicted molar refractivity (Wildman–Crippen MR) is 110 cm³/mol. The minimum atomic E-state index is 0. The summed E-state index contributed by atoms with van der Waals surface area (Å²) in [6.07, 6.45) is 3.46. The number of rotatable bonds is 4. The van der Waals surface area contributed by atoms with E-state index in [9.17, 15) is 4.79 Å². The van der Waals surface area contributed by atoms with Crippen LogP contribution in [0.5, 0.6) is 5.75 Å². The zero-order valence-corrected chi connectivity index (χ0v) is 16.3. The third-order valence-corrected chi connectivity index (χ3v) is 5.77. The molecule has 4 rings (SSSR count). The van der Waals surface area contributed by atoms with Crippen LogP contribution in [0.2, 0.25) is 0 Å². The molecule has 1 amide bonds. The molecule has 5 heteroatoms. The van der Waals surface area contributed by atoms with E-state index in [1.54, 1.807) is 0 Å². The van der Waals surface area contributed by atoms with E-state index in [0.29, 0.717) is 12.0 Å². The van der Waals surface area contributed by atoms with Crippen molar-refractivity contribution in [1.82, 2.24) is 10.2 Å². The Morgan fingerprint density at radius 1 is 1.04 bits per heavy atom. The first-order chi connectivity index (χ1) is 12.7. The fourth-order valence-electron chi connectivity index (χ4n) is 4.05. The molecule has 1 spiro atoms. The van der Waals surface area contributed by atoms with Crippen LogP contribution in [0, 0.1) is 5.41 Å². The molecule has 0 bridgehead atoms. The van der Waals surface area contributed by atoms with E-state index >= 15 is 0 Å². The Morgan fingerprint density at radius 2 is 1.81 bits per heavy atom. The highest BCUT2D eigenvalue weighted by Gasteiger charge is 2.38. The second-order valence-corrected chi connectivity index (χ2v) is 7.52. The lowest BCUT2D eigenvalue weighted by Crippen LogP contribution is -2.44. The Labute approximate surface area is 167 Å². The lowest BCUT2D eigenvalue weighted by atomic mass is 9.78. The number of ether oxygens (including phenoxy) is 1. The molecule has 2 aromatic carbocycles. The van der Waals surface area contributed by atoms with Gasteiger partial charge in [-0.1, -0.05) is 36.4 Å². The van der Waals surface area contributed by atoms with Crippen molar-refractivity contribution in [3.05, 3.63) is 65.7 Å². The largest absolute Gasteiger partial charge is 0.489 e. The summed E-state index contributed by atoms with van der Waals surface area (Å²) in [5.74, 6) is 0.865. The number of nitrogens with one attached hydrogen (secondary N) is 1. The summed E-state index contributed by atoms with van der Waals surface area (Å²) in [4.78, 5) is 14.9. The number of hydrogen-bond donors (Lipinski definition) is 1. The van der Waals surface area contributed by atoms with E-state index < -0.39 is 0 Å². The van der Waals surface area contributed by atoms with Gasteiger partial charge < -0.3 is 15.0 Å². The topological polar surface area (TPSA) is 41.6 Å². The second kappa shape index (κ2) is 8.77. The van der Waals surface area contributed by atoms with E-state index in [4.69, 9.17) is 4.74 Å². The molecule has 1 N–H and O–H groups in total. The van der Waals surface area contributed by atoms with Crippen molar-refractivity contribution in [2.75, 3.05) is 26.2 Å². The minimum absolute atomic E-state index is 0. The molecule has 2 fully saturated rings. The second-order valence-electron chi connectivity index (χ2n) is 7.52. The number of carbonyl (C=O) groups is 1. The molecule has 0 radical (unpaired) electrons. The summed E-state index contributed by atoms with van der Waals surface area (Å²) in [6.45, 7) is 4.45. The van der Waals surface area contributed by atoms with Crippen molar-refractivity contribution < 1.29 is 9.53 Å². The van der Waals surface area contributed by atoms with Crippen LogP contribution in [-0.4, -0.2) is 37.0 Å². The summed E-state index contributed by atoms with van der Waals surface area (Å²) in [5.41, 5.74) is 2.27. The Hall–Kier alpha value is -2.04. The van der Waals surface area contributed by atoms with Gasteiger partial charge in [-0.25, -0.2) is 0 Å². The van der Waals surface area contributed by atoms with Gasteiger partial charge >= 0.3 is 0 Å². The molecule has 2 saturated heterocycles. The fraction of sp³-hybridized carbons (Fsp3) is 0.409. The van der Waals surface area contributed by atoms with Crippen LogP contribution in [0.15, 0.2) is 54.6 Å². The summed E-state index contributed by atoms with van der Waals surface area (Å²) >= 11 is 0. The molecule has 0 unspecified atom stereocenters. The van der Waals surface area contributed by atoms with Gasteiger partial charge in [0.15, 0.2) is 0 Å². The van der Waals surface area contributed by atoms with Crippen LogP contribution in [-0.2, 0) is 6.61 Å². The third kappa shape index (κ3) is 4.63. The van der Waals surface area contributed by atoms with Gasteiger partial charge in [-0.05, 0) is 55.0 Å². The average Bonchev–Trinajstić information content (AvgIpc) is 3.15. The molecule has 0 aromatic heterocycles. The van der Waals surface area contributed by atoms with Crippen molar-refractivity contribution in [2.45, 2.75) is 25.9 Å². The molecule has 0 aliphatic carbocycles. The van der Waals surface area contributed by atoms with Gasteiger partial charge in [0.05, 0.1) is 0 Å². The molecule has 2 heterocycles. The van der Waals surface area contributed by atoms with Gasteiger partial charge in [0.25, 0.3) is 5.91 Å². The maximum atomic E-state index is 12.9. The first kappa shape index (κ1) is 19.7. The maximum Gasteiger partial charge on any atom is 0.253 e. The number of nitrogens with zero attached hydrogens (tertiary/aromatic N) is 1. The number of likely N-dealkylation sites (tertiary alicyclic amines) is 1. The first-order valence-corrected chi connectivity index (χ1v) is 9.51. The van der Waals surface area contributed by atoms with Crippen molar-refractivity contribution in [1.29, 1.82) is 0 Å². The first-order valence-electron chi connectivity index (χ1n) is 9.51. The standard InChI is InChI=1S/C22H26N2O2.ClH/c25-21(24-13-10-22(11-14-24)9-12-23-17-22)19-7-4-8-20(15-19)26-16-18-5-2-1-3-6-18;/h1-8,15,23H,9-14,16-17H2;1H. The van der Waals surface area contributed by atoms with Gasteiger partial charge in [-0.15, -0.1) is 12.4 Å². The summed E-state index contributed by atoms with van der Waals surface area (Å²) in [7, 11) is 0. The van der Waals surface area contributed by atoms with E-state index in [1.807, 2.05) is 59.5 Å².